The van der Waals surface area contributed by atoms with Crippen molar-refractivity contribution < 1.29 is 36.6 Å². The summed E-state index contributed by atoms with van der Waals surface area (Å²) >= 11 is 1.46. The molecule has 2 aromatic heterocycles. The van der Waals surface area contributed by atoms with Crippen LogP contribution in [0.5, 0.6) is 0 Å². The molecule has 2 aromatic rings. The second kappa shape index (κ2) is 9.82. The zero-order chi connectivity index (χ0) is 24.5. The molecular formula is C22H24F5N3O3S. The molecule has 2 N–H and O–H groups in total. The molecule has 0 aromatic carbocycles. The summed E-state index contributed by atoms with van der Waals surface area (Å²) in [6.45, 7) is 0.546. The van der Waals surface area contributed by atoms with Gasteiger partial charge in [-0.25, -0.2) is 4.98 Å². The van der Waals surface area contributed by atoms with Gasteiger partial charge in [-0.1, -0.05) is 6.07 Å². The number of aliphatic carboxylic acids is 1. The first-order chi connectivity index (χ1) is 16.0. The molecule has 12 heteroatoms. The van der Waals surface area contributed by atoms with Crippen LogP contribution >= 0.6 is 11.3 Å². The number of nitrogens with zero attached hydrogens (tertiary/aromatic N) is 2. The van der Waals surface area contributed by atoms with E-state index in [1.165, 1.54) is 11.3 Å². The molecule has 186 valence electrons. The normalized spacial score (nSPS) is 25.7. The van der Waals surface area contributed by atoms with E-state index < -0.39 is 24.4 Å². The third-order valence-electron chi connectivity index (χ3n) is 6.36. The van der Waals surface area contributed by atoms with E-state index in [1.807, 2.05) is 12.1 Å². The Hall–Kier alpha value is -2.18. The summed E-state index contributed by atoms with van der Waals surface area (Å²) in [5.74, 6) is -1.03. The van der Waals surface area contributed by atoms with Gasteiger partial charge in [-0.3, -0.25) is 9.78 Å². The molecule has 2 aliphatic rings. The molecule has 2 fully saturated rings. The Morgan fingerprint density at radius 1 is 1.09 bits per heavy atom. The highest BCUT2D eigenvalue weighted by atomic mass is 32.1. The van der Waals surface area contributed by atoms with Gasteiger partial charge in [-0.2, -0.15) is 22.0 Å². The summed E-state index contributed by atoms with van der Waals surface area (Å²) in [6.07, 6.45) is -6.20. The highest BCUT2D eigenvalue weighted by Gasteiger charge is 2.60. The van der Waals surface area contributed by atoms with Gasteiger partial charge >= 0.3 is 18.3 Å². The third kappa shape index (κ3) is 5.72. The molecule has 0 radical (unpaired) electrons. The molecule has 2 heterocycles. The molecule has 4 rings (SSSR count). The van der Waals surface area contributed by atoms with Crippen molar-refractivity contribution in [2.24, 2.45) is 5.92 Å². The first-order valence-corrected chi connectivity index (χ1v) is 11.8. The lowest BCUT2D eigenvalue weighted by atomic mass is 9.80. The van der Waals surface area contributed by atoms with Crippen LogP contribution in [0.25, 0.3) is 10.4 Å². The van der Waals surface area contributed by atoms with Crippen molar-refractivity contribution in [3.8, 4) is 10.4 Å². The van der Waals surface area contributed by atoms with Gasteiger partial charge in [0.05, 0.1) is 27.6 Å². The van der Waals surface area contributed by atoms with Crippen molar-refractivity contribution in [1.82, 2.24) is 15.3 Å². The fraction of sp³-hybridized carbons (Fsp3) is 0.591. The van der Waals surface area contributed by atoms with Crippen molar-refractivity contribution in [1.29, 1.82) is 0 Å². The molecule has 0 spiro atoms. The van der Waals surface area contributed by atoms with E-state index >= 15 is 0 Å². The molecule has 0 aliphatic heterocycles. The molecule has 2 saturated carbocycles. The number of ether oxygens (including phenoxy) is 1. The average molecular weight is 506 g/mol. The predicted octanol–water partition coefficient (Wildman–Crippen LogP) is 5.36. The number of alkyl halides is 5. The SMILES string of the molecule is O=C(O)C1CC(NCc2ccc(-c3cnc(C4CCC(OC(F)(F)C(F)(F)F)CC4)s3)cn2)C1. The number of halogens is 5. The van der Waals surface area contributed by atoms with Crippen molar-refractivity contribution >= 4 is 17.3 Å². The fourth-order valence-corrected chi connectivity index (χ4v) is 5.30. The lowest BCUT2D eigenvalue weighted by Crippen LogP contribution is -2.43. The molecule has 0 unspecified atom stereocenters. The maximum Gasteiger partial charge on any atom is 0.482 e. The quantitative estimate of drug-likeness (QED) is 0.470. The van der Waals surface area contributed by atoms with Crippen LogP contribution < -0.4 is 5.32 Å². The first kappa shape index (κ1) is 24.9. The molecule has 0 saturated heterocycles. The summed E-state index contributed by atoms with van der Waals surface area (Å²) in [4.78, 5) is 20.6. The van der Waals surface area contributed by atoms with Crippen LogP contribution in [-0.4, -0.2) is 45.5 Å². The van der Waals surface area contributed by atoms with Gasteiger partial charge in [0.1, 0.15) is 0 Å². The zero-order valence-corrected chi connectivity index (χ0v) is 18.8. The minimum atomic E-state index is -5.71. The number of carbonyl (C=O) groups is 1. The Bertz CT molecular complexity index is 984. The average Bonchev–Trinajstić information content (AvgIpc) is 3.22. The topological polar surface area (TPSA) is 84.3 Å². The Morgan fingerprint density at radius 2 is 1.79 bits per heavy atom. The number of aromatic nitrogens is 2. The molecular weight excluding hydrogens is 481 g/mol. The van der Waals surface area contributed by atoms with Gasteiger partial charge in [0.2, 0.25) is 0 Å². The van der Waals surface area contributed by atoms with Crippen LogP contribution in [-0.2, 0) is 16.1 Å². The van der Waals surface area contributed by atoms with Crippen LogP contribution in [0.2, 0.25) is 0 Å². The number of nitrogens with one attached hydrogen (secondary N) is 1. The Morgan fingerprint density at radius 3 is 2.38 bits per heavy atom. The third-order valence-corrected chi connectivity index (χ3v) is 7.57. The van der Waals surface area contributed by atoms with E-state index in [0.717, 1.165) is 21.1 Å². The van der Waals surface area contributed by atoms with E-state index in [9.17, 15) is 26.7 Å². The van der Waals surface area contributed by atoms with E-state index in [4.69, 9.17) is 5.11 Å². The van der Waals surface area contributed by atoms with Crippen LogP contribution in [0.15, 0.2) is 24.5 Å². The second-order valence-corrected chi connectivity index (χ2v) is 9.85. The van der Waals surface area contributed by atoms with Crippen molar-refractivity contribution in [3.63, 3.8) is 0 Å². The predicted molar refractivity (Wildman–Crippen MR) is 113 cm³/mol. The van der Waals surface area contributed by atoms with Gasteiger partial charge in [-0.15, -0.1) is 11.3 Å². The summed E-state index contributed by atoms with van der Waals surface area (Å²) in [6, 6.07) is 4.00. The Balaban J connectivity index is 1.26. The fourth-order valence-electron chi connectivity index (χ4n) is 4.22. The maximum absolute atomic E-state index is 13.1. The lowest BCUT2D eigenvalue weighted by Gasteiger charge is -2.32. The van der Waals surface area contributed by atoms with Crippen LogP contribution in [0, 0.1) is 5.92 Å². The van der Waals surface area contributed by atoms with Gasteiger partial charge in [-0.05, 0) is 44.6 Å². The van der Waals surface area contributed by atoms with Crippen LogP contribution in [0.1, 0.15) is 55.1 Å². The van der Waals surface area contributed by atoms with Gasteiger partial charge in [0, 0.05) is 36.5 Å². The zero-order valence-electron chi connectivity index (χ0n) is 18.0. The highest BCUT2D eigenvalue weighted by Crippen LogP contribution is 2.42. The van der Waals surface area contributed by atoms with E-state index in [2.05, 4.69) is 20.0 Å². The minimum Gasteiger partial charge on any atom is -0.481 e. The van der Waals surface area contributed by atoms with Crippen molar-refractivity contribution in [2.75, 3.05) is 0 Å². The summed E-state index contributed by atoms with van der Waals surface area (Å²) in [5.41, 5.74) is 1.71. The van der Waals surface area contributed by atoms with Crippen molar-refractivity contribution in [2.45, 2.75) is 75.4 Å². The number of carboxylic acid groups (broad SMARTS) is 1. The largest absolute Gasteiger partial charge is 0.482 e. The lowest BCUT2D eigenvalue weighted by molar-refractivity contribution is -0.403. The monoisotopic (exact) mass is 505 g/mol. The molecule has 34 heavy (non-hydrogen) atoms. The van der Waals surface area contributed by atoms with Crippen LogP contribution in [0.4, 0.5) is 22.0 Å². The summed E-state index contributed by atoms with van der Waals surface area (Å²) in [5, 5.41) is 13.0. The van der Waals surface area contributed by atoms with Gasteiger partial charge < -0.3 is 15.2 Å². The number of rotatable bonds is 8. The molecule has 2 aliphatic carbocycles. The van der Waals surface area contributed by atoms with E-state index in [0.29, 0.717) is 32.2 Å². The number of hydrogen-bond donors (Lipinski definition) is 2. The number of thiazole rings is 1. The van der Waals surface area contributed by atoms with E-state index in [-0.39, 0.29) is 30.7 Å². The molecule has 0 atom stereocenters. The van der Waals surface area contributed by atoms with Crippen molar-refractivity contribution in [3.05, 3.63) is 35.2 Å². The number of carboxylic acids is 1. The van der Waals surface area contributed by atoms with Gasteiger partial charge in [0.15, 0.2) is 0 Å². The first-order valence-electron chi connectivity index (χ1n) is 11.0. The second-order valence-electron chi connectivity index (χ2n) is 8.79. The van der Waals surface area contributed by atoms with E-state index in [1.54, 1.807) is 12.4 Å². The smallest absolute Gasteiger partial charge is 0.481 e. The number of hydrogen-bond acceptors (Lipinski definition) is 6. The number of pyridine rings is 1. The molecule has 6 nitrogen and oxygen atoms in total. The summed E-state index contributed by atoms with van der Waals surface area (Å²) < 4.78 is 67.3. The highest BCUT2D eigenvalue weighted by molar-refractivity contribution is 7.15. The Kier molecular flexibility index (Phi) is 7.20. The standard InChI is InChI=1S/C22H24F5N3O3S/c23-21(24,25)22(26,27)33-17-5-2-12(3-6-17)19-30-11-18(34-19)13-1-4-15(28-9-13)10-29-16-7-14(8-16)20(31)32/h1,4,9,11-12,14,16-17,29H,2-3,5-8,10H2,(H,31,32). The maximum atomic E-state index is 13.1. The van der Waals surface area contributed by atoms with Crippen LogP contribution in [0.3, 0.4) is 0 Å². The Labute approximate surface area is 196 Å². The van der Waals surface area contributed by atoms with Gasteiger partial charge in [0.25, 0.3) is 0 Å². The molecule has 0 bridgehead atoms. The minimum absolute atomic E-state index is 0.00773. The summed E-state index contributed by atoms with van der Waals surface area (Å²) in [7, 11) is 0. The molecule has 0 amide bonds.